The van der Waals surface area contributed by atoms with Crippen LogP contribution in [0.2, 0.25) is 0 Å². The summed E-state index contributed by atoms with van der Waals surface area (Å²) >= 11 is 0. The number of ether oxygens (including phenoxy) is 2. The van der Waals surface area contributed by atoms with Crippen LogP contribution in [0.1, 0.15) is 34.1 Å². The summed E-state index contributed by atoms with van der Waals surface area (Å²) in [5.74, 6) is 0.555. The van der Waals surface area contributed by atoms with Crippen LogP contribution in [0.25, 0.3) is 0 Å². The summed E-state index contributed by atoms with van der Waals surface area (Å²) in [7, 11) is 0. The van der Waals surface area contributed by atoms with E-state index >= 15 is 0 Å². The maximum Gasteiger partial charge on any atom is 0.0704 e. The molecule has 0 aromatic rings. The highest BCUT2D eigenvalue weighted by atomic mass is 16.5. The van der Waals surface area contributed by atoms with Gasteiger partial charge in [-0.15, -0.1) is 0 Å². The molecule has 16 heavy (non-hydrogen) atoms. The van der Waals surface area contributed by atoms with Crippen LogP contribution >= 0.6 is 0 Å². The Morgan fingerprint density at radius 2 is 1.88 bits per heavy atom. The van der Waals surface area contributed by atoms with E-state index in [1.54, 1.807) is 0 Å². The van der Waals surface area contributed by atoms with Gasteiger partial charge in [-0.25, -0.2) is 0 Å². The molecule has 0 rings (SSSR count). The van der Waals surface area contributed by atoms with Crippen LogP contribution < -0.4 is 5.73 Å². The van der Waals surface area contributed by atoms with Gasteiger partial charge >= 0.3 is 0 Å². The lowest BCUT2D eigenvalue weighted by Gasteiger charge is -2.25. The molecule has 0 aromatic heterocycles. The van der Waals surface area contributed by atoms with Gasteiger partial charge in [0, 0.05) is 12.1 Å². The molecule has 0 bridgehead atoms. The van der Waals surface area contributed by atoms with Crippen LogP contribution in [-0.2, 0) is 9.47 Å². The van der Waals surface area contributed by atoms with Gasteiger partial charge in [-0.05, 0) is 26.2 Å². The first kappa shape index (κ1) is 15.8. The van der Waals surface area contributed by atoms with Crippen LogP contribution in [0, 0.1) is 5.92 Å². The highest BCUT2D eigenvalue weighted by molar-refractivity contribution is 4.79. The lowest BCUT2D eigenvalue weighted by Crippen LogP contribution is -2.43. The zero-order chi connectivity index (χ0) is 12.6. The average Bonchev–Trinajstić information content (AvgIpc) is 2.16. The molecule has 0 aliphatic carbocycles. The fourth-order valence-electron chi connectivity index (χ4n) is 1.41. The van der Waals surface area contributed by atoms with E-state index < -0.39 is 5.54 Å². The van der Waals surface area contributed by atoms with E-state index in [0.717, 1.165) is 6.61 Å². The molecule has 0 saturated heterocycles. The Hall–Kier alpha value is -0.160. The van der Waals surface area contributed by atoms with Crippen molar-refractivity contribution >= 4 is 0 Å². The standard InChI is InChI=1S/C12H27NO3/c1-10(2)8-15-5-6-16-11(3)7-12(4,13)9-14/h10-11,14H,5-9,13H2,1-4H3. The van der Waals surface area contributed by atoms with Crippen LogP contribution in [0.4, 0.5) is 0 Å². The molecule has 4 nitrogen and oxygen atoms in total. The summed E-state index contributed by atoms with van der Waals surface area (Å²) in [6.07, 6.45) is 0.693. The number of hydrogen-bond donors (Lipinski definition) is 2. The summed E-state index contributed by atoms with van der Waals surface area (Å²) in [5.41, 5.74) is 5.27. The minimum absolute atomic E-state index is 0.0233. The van der Waals surface area contributed by atoms with Crippen molar-refractivity contribution in [1.82, 2.24) is 0 Å². The molecule has 0 amide bonds. The zero-order valence-electron chi connectivity index (χ0n) is 11.0. The SMILES string of the molecule is CC(C)COCCOC(C)CC(C)(N)CO. The Bertz CT molecular complexity index is 172. The lowest BCUT2D eigenvalue weighted by molar-refractivity contribution is -0.00726. The number of hydrogen-bond acceptors (Lipinski definition) is 4. The van der Waals surface area contributed by atoms with E-state index in [4.69, 9.17) is 20.3 Å². The van der Waals surface area contributed by atoms with Crippen LogP contribution in [-0.4, -0.2) is 43.2 Å². The molecule has 0 aromatic carbocycles. The smallest absolute Gasteiger partial charge is 0.0704 e. The first-order chi connectivity index (χ1) is 7.37. The molecule has 0 fully saturated rings. The predicted molar refractivity (Wildman–Crippen MR) is 65.4 cm³/mol. The second kappa shape index (κ2) is 8.01. The zero-order valence-corrected chi connectivity index (χ0v) is 11.0. The normalized spacial score (nSPS) is 17.4. The Labute approximate surface area is 99.1 Å². The van der Waals surface area contributed by atoms with E-state index in [1.165, 1.54) is 0 Å². The molecule has 0 heterocycles. The Balaban J connectivity index is 3.47. The molecule has 0 saturated carbocycles. The van der Waals surface area contributed by atoms with Crippen molar-refractivity contribution in [3.8, 4) is 0 Å². The summed E-state index contributed by atoms with van der Waals surface area (Å²) in [5, 5.41) is 9.01. The Morgan fingerprint density at radius 3 is 2.38 bits per heavy atom. The summed E-state index contributed by atoms with van der Waals surface area (Å²) in [6.45, 7) is 9.95. The van der Waals surface area contributed by atoms with Gasteiger partial charge in [-0.2, -0.15) is 0 Å². The molecule has 3 N–H and O–H groups in total. The highest BCUT2D eigenvalue weighted by Gasteiger charge is 2.20. The maximum absolute atomic E-state index is 9.01. The summed E-state index contributed by atoms with van der Waals surface area (Å²) in [4.78, 5) is 0. The van der Waals surface area contributed by atoms with E-state index in [9.17, 15) is 0 Å². The first-order valence-corrected chi connectivity index (χ1v) is 5.96. The van der Waals surface area contributed by atoms with Crippen molar-refractivity contribution in [3.63, 3.8) is 0 Å². The van der Waals surface area contributed by atoms with Crippen molar-refractivity contribution in [3.05, 3.63) is 0 Å². The molecular weight excluding hydrogens is 206 g/mol. The van der Waals surface area contributed by atoms with Gasteiger partial charge in [0.15, 0.2) is 0 Å². The monoisotopic (exact) mass is 233 g/mol. The third-order valence-electron chi connectivity index (χ3n) is 2.20. The van der Waals surface area contributed by atoms with Crippen molar-refractivity contribution in [2.45, 2.75) is 45.8 Å². The number of nitrogens with two attached hydrogens (primary N) is 1. The molecule has 98 valence electrons. The first-order valence-electron chi connectivity index (χ1n) is 5.96. The predicted octanol–water partition coefficient (Wildman–Crippen LogP) is 1.16. The van der Waals surface area contributed by atoms with Gasteiger partial charge in [-0.1, -0.05) is 13.8 Å². The summed E-state index contributed by atoms with van der Waals surface area (Å²) < 4.78 is 10.9. The van der Waals surface area contributed by atoms with Crippen LogP contribution in [0.5, 0.6) is 0 Å². The van der Waals surface area contributed by atoms with Gasteiger partial charge in [0.25, 0.3) is 0 Å². The third kappa shape index (κ3) is 9.09. The van der Waals surface area contributed by atoms with Gasteiger partial charge < -0.3 is 20.3 Å². The van der Waals surface area contributed by atoms with E-state index in [2.05, 4.69) is 13.8 Å². The quantitative estimate of drug-likeness (QED) is 0.587. The highest BCUT2D eigenvalue weighted by Crippen LogP contribution is 2.10. The second-order valence-electron chi connectivity index (χ2n) is 5.17. The van der Waals surface area contributed by atoms with Crippen molar-refractivity contribution in [2.24, 2.45) is 11.7 Å². The van der Waals surface area contributed by atoms with Crippen LogP contribution in [0.3, 0.4) is 0 Å². The van der Waals surface area contributed by atoms with Gasteiger partial charge in [0.2, 0.25) is 0 Å². The van der Waals surface area contributed by atoms with Crippen LogP contribution in [0.15, 0.2) is 0 Å². The largest absolute Gasteiger partial charge is 0.394 e. The second-order valence-corrected chi connectivity index (χ2v) is 5.17. The van der Waals surface area contributed by atoms with Gasteiger partial charge in [0.05, 0.1) is 25.9 Å². The third-order valence-corrected chi connectivity index (χ3v) is 2.20. The summed E-state index contributed by atoms with van der Waals surface area (Å²) in [6, 6.07) is 0. The molecule has 2 unspecified atom stereocenters. The van der Waals surface area contributed by atoms with Crippen molar-refractivity contribution < 1.29 is 14.6 Å². The molecule has 2 atom stereocenters. The van der Waals surface area contributed by atoms with Gasteiger partial charge in [0.1, 0.15) is 0 Å². The molecule has 0 radical (unpaired) electrons. The lowest BCUT2D eigenvalue weighted by atomic mass is 9.97. The molecular formula is C12H27NO3. The molecule has 0 aliphatic heterocycles. The minimum Gasteiger partial charge on any atom is -0.394 e. The number of rotatable bonds is 9. The molecule has 0 aliphatic rings. The Kier molecular flexibility index (Phi) is 7.93. The maximum atomic E-state index is 9.01. The van der Waals surface area contributed by atoms with Gasteiger partial charge in [-0.3, -0.25) is 0 Å². The van der Waals surface area contributed by atoms with E-state index in [0.29, 0.717) is 25.6 Å². The average molecular weight is 233 g/mol. The van der Waals surface area contributed by atoms with Crippen molar-refractivity contribution in [2.75, 3.05) is 26.4 Å². The van der Waals surface area contributed by atoms with E-state index in [-0.39, 0.29) is 12.7 Å². The number of aliphatic hydroxyl groups is 1. The minimum atomic E-state index is -0.557. The fourth-order valence-corrected chi connectivity index (χ4v) is 1.41. The van der Waals surface area contributed by atoms with Crippen molar-refractivity contribution in [1.29, 1.82) is 0 Å². The fraction of sp³-hybridized carbons (Fsp3) is 1.00. The number of aliphatic hydroxyl groups excluding tert-OH is 1. The molecule has 0 spiro atoms. The van der Waals surface area contributed by atoms with E-state index in [1.807, 2.05) is 13.8 Å². The molecule has 4 heteroatoms. The Morgan fingerprint density at radius 1 is 1.25 bits per heavy atom. The topological polar surface area (TPSA) is 64.7 Å².